The highest BCUT2D eigenvalue weighted by molar-refractivity contribution is 7.07. The fraction of sp³-hybridized carbons (Fsp3) is 0.296. The zero-order valence-electron chi connectivity index (χ0n) is 21.0. The lowest BCUT2D eigenvalue weighted by atomic mass is 9.96. The van der Waals surface area contributed by atoms with Gasteiger partial charge in [-0.15, -0.1) is 0 Å². The molecule has 0 radical (unpaired) electrons. The summed E-state index contributed by atoms with van der Waals surface area (Å²) in [6.45, 7) is 5.33. The maximum absolute atomic E-state index is 13.8. The van der Waals surface area contributed by atoms with Gasteiger partial charge >= 0.3 is 5.97 Å². The van der Waals surface area contributed by atoms with Crippen LogP contribution in [0.25, 0.3) is 6.08 Å². The third kappa shape index (κ3) is 4.79. The van der Waals surface area contributed by atoms with Crippen LogP contribution < -0.4 is 29.1 Å². The monoisotopic (exact) mass is 508 g/mol. The van der Waals surface area contributed by atoms with Crippen LogP contribution in [-0.4, -0.2) is 38.0 Å². The highest BCUT2D eigenvalue weighted by Gasteiger charge is 2.33. The van der Waals surface area contributed by atoms with Crippen LogP contribution in [0.15, 0.2) is 63.5 Å². The topological polar surface area (TPSA) is 88.4 Å². The molecule has 0 spiro atoms. The fourth-order valence-corrected chi connectivity index (χ4v) is 5.09. The number of hydrogen-bond donors (Lipinski definition) is 0. The van der Waals surface area contributed by atoms with Gasteiger partial charge in [-0.05, 0) is 62.7 Å². The highest BCUT2D eigenvalue weighted by Crippen LogP contribution is 2.32. The maximum atomic E-state index is 13.8. The lowest BCUT2D eigenvalue weighted by molar-refractivity contribution is -0.143. The Morgan fingerprint density at radius 3 is 2.31 bits per heavy atom. The lowest BCUT2D eigenvalue weighted by Crippen LogP contribution is -2.40. The van der Waals surface area contributed by atoms with Crippen molar-refractivity contribution in [3.63, 3.8) is 0 Å². The predicted octanol–water partition coefficient (Wildman–Crippen LogP) is 3.21. The molecule has 0 amide bonds. The van der Waals surface area contributed by atoms with E-state index in [-0.39, 0.29) is 11.7 Å². The molecule has 0 fully saturated rings. The minimum Gasteiger partial charge on any atom is -0.497 e. The SMILES string of the molecule is COc1ccc([C@H]2C(C(=O)OC(C)C)=C(C)N=c3s/c(=C/c4cc(OC)ccc4OC)c(=O)n32)cc1. The number of carbonyl (C=O) groups excluding carboxylic acids is 1. The van der Waals surface area contributed by atoms with E-state index in [9.17, 15) is 9.59 Å². The molecule has 1 atom stereocenters. The van der Waals surface area contributed by atoms with E-state index >= 15 is 0 Å². The van der Waals surface area contributed by atoms with Gasteiger partial charge in [0, 0.05) is 5.56 Å². The van der Waals surface area contributed by atoms with Crippen molar-refractivity contribution >= 4 is 23.4 Å². The minimum absolute atomic E-state index is 0.271. The highest BCUT2D eigenvalue weighted by atomic mass is 32.1. The molecule has 188 valence electrons. The van der Waals surface area contributed by atoms with E-state index in [1.165, 1.54) is 11.3 Å². The molecule has 36 heavy (non-hydrogen) atoms. The average Bonchev–Trinajstić information content (AvgIpc) is 3.16. The van der Waals surface area contributed by atoms with E-state index in [0.29, 0.717) is 43.4 Å². The molecule has 1 aliphatic heterocycles. The van der Waals surface area contributed by atoms with E-state index in [4.69, 9.17) is 18.9 Å². The van der Waals surface area contributed by atoms with Gasteiger partial charge < -0.3 is 18.9 Å². The van der Waals surface area contributed by atoms with Crippen molar-refractivity contribution in [1.82, 2.24) is 4.57 Å². The molecule has 0 bridgehead atoms. The van der Waals surface area contributed by atoms with Gasteiger partial charge in [-0.1, -0.05) is 23.5 Å². The van der Waals surface area contributed by atoms with Gasteiger partial charge in [0.15, 0.2) is 4.80 Å². The quantitative estimate of drug-likeness (QED) is 0.456. The standard InChI is InChI=1S/C27H28N2O6S/c1-15(2)35-26(31)23-16(3)28-27-29(24(23)17-7-9-19(32-4)10-8-17)25(30)22(36-27)14-18-13-20(33-5)11-12-21(18)34-6/h7-15,24H,1-6H3/b22-14+/t24-/m0/s1. The summed E-state index contributed by atoms with van der Waals surface area (Å²) < 4.78 is 23.7. The average molecular weight is 509 g/mol. The molecule has 1 aliphatic rings. The van der Waals surface area contributed by atoms with Gasteiger partial charge in [-0.25, -0.2) is 9.79 Å². The van der Waals surface area contributed by atoms with Gasteiger partial charge in [-0.2, -0.15) is 0 Å². The number of rotatable bonds is 7. The maximum Gasteiger partial charge on any atom is 0.338 e. The van der Waals surface area contributed by atoms with Crippen LogP contribution in [0.4, 0.5) is 0 Å². The summed E-state index contributed by atoms with van der Waals surface area (Å²) in [6, 6.07) is 12.0. The van der Waals surface area contributed by atoms with Crippen molar-refractivity contribution in [3.8, 4) is 17.2 Å². The Bertz CT molecular complexity index is 1500. The molecule has 8 nitrogen and oxygen atoms in total. The van der Waals surface area contributed by atoms with E-state index in [2.05, 4.69) is 4.99 Å². The molecule has 4 rings (SSSR count). The van der Waals surface area contributed by atoms with Crippen LogP contribution in [0.1, 0.15) is 37.9 Å². The van der Waals surface area contributed by atoms with Crippen molar-refractivity contribution in [3.05, 3.63) is 84.5 Å². The Balaban J connectivity index is 1.95. The Morgan fingerprint density at radius 2 is 1.69 bits per heavy atom. The summed E-state index contributed by atoms with van der Waals surface area (Å²) in [5, 5.41) is 0. The van der Waals surface area contributed by atoms with Gasteiger partial charge in [0.25, 0.3) is 5.56 Å². The van der Waals surface area contributed by atoms with E-state index in [1.54, 1.807) is 83.1 Å². The number of fused-ring (bicyclic) bond motifs is 1. The van der Waals surface area contributed by atoms with Crippen molar-refractivity contribution in [1.29, 1.82) is 0 Å². The van der Waals surface area contributed by atoms with Crippen LogP contribution >= 0.6 is 11.3 Å². The van der Waals surface area contributed by atoms with Crippen LogP contribution in [0.2, 0.25) is 0 Å². The first-order valence-electron chi connectivity index (χ1n) is 11.4. The number of benzene rings is 2. The minimum atomic E-state index is -0.701. The Morgan fingerprint density at radius 1 is 1.03 bits per heavy atom. The number of nitrogens with zero attached hydrogens (tertiary/aromatic N) is 2. The molecular weight excluding hydrogens is 480 g/mol. The molecule has 0 unspecified atom stereocenters. The molecule has 3 aromatic rings. The first kappa shape index (κ1) is 25.2. The number of thiazole rings is 1. The van der Waals surface area contributed by atoms with Gasteiger partial charge in [0.1, 0.15) is 17.2 Å². The number of carbonyl (C=O) groups is 1. The summed E-state index contributed by atoms with van der Waals surface area (Å²) in [4.78, 5) is 32.1. The van der Waals surface area contributed by atoms with Crippen LogP contribution in [-0.2, 0) is 9.53 Å². The molecule has 1 aromatic heterocycles. The molecule has 9 heteroatoms. The largest absolute Gasteiger partial charge is 0.497 e. The number of esters is 1. The summed E-state index contributed by atoms with van der Waals surface area (Å²) >= 11 is 1.25. The first-order valence-corrected chi connectivity index (χ1v) is 12.2. The second kappa shape index (κ2) is 10.4. The number of ether oxygens (including phenoxy) is 4. The first-order chi connectivity index (χ1) is 17.3. The number of aromatic nitrogens is 1. The van der Waals surface area contributed by atoms with Crippen molar-refractivity contribution in [2.24, 2.45) is 4.99 Å². The lowest BCUT2D eigenvalue weighted by Gasteiger charge is -2.25. The Hall–Kier alpha value is -3.85. The predicted molar refractivity (Wildman–Crippen MR) is 138 cm³/mol. The van der Waals surface area contributed by atoms with E-state index < -0.39 is 12.0 Å². The summed E-state index contributed by atoms with van der Waals surface area (Å²) in [7, 11) is 4.73. The van der Waals surface area contributed by atoms with Crippen LogP contribution in [0, 0.1) is 0 Å². The van der Waals surface area contributed by atoms with Gasteiger partial charge in [-0.3, -0.25) is 9.36 Å². The summed E-state index contributed by atoms with van der Waals surface area (Å²) in [5.41, 5.74) is 2.00. The van der Waals surface area contributed by atoms with Crippen molar-refractivity contribution in [2.75, 3.05) is 21.3 Å². The summed E-state index contributed by atoms with van der Waals surface area (Å²) in [5.74, 6) is 1.41. The summed E-state index contributed by atoms with van der Waals surface area (Å²) in [6.07, 6.45) is 1.43. The second-order valence-electron chi connectivity index (χ2n) is 8.42. The van der Waals surface area contributed by atoms with E-state index in [1.807, 2.05) is 12.1 Å². The van der Waals surface area contributed by atoms with Gasteiger partial charge in [0.05, 0.1) is 49.3 Å². The van der Waals surface area contributed by atoms with E-state index in [0.717, 1.165) is 5.56 Å². The molecule has 0 saturated heterocycles. The Labute approximate surface area is 212 Å². The second-order valence-corrected chi connectivity index (χ2v) is 9.43. The zero-order valence-corrected chi connectivity index (χ0v) is 21.8. The molecule has 2 heterocycles. The smallest absolute Gasteiger partial charge is 0.338 e. The fourth-order valence-electron chi connectivity index (χ4n) is 4.06. The molecule has 0 aliphatic carbocycles. The van der Waals surface area contributed by atoms with Crippen molar-refractivity contribution < 1.29 is 23.7 Å². The molecule has 2 aromatic carbocycles. The normalized spacial score (nSPS) is 15.4. The molecular formula is C27H28N2O6S. The van der Waals surface area contributed by atoms with Gasteiger partial charge in [0.2, 0.25) is 0 Å². The number of allylic oxidation sites excluding steroid dienone is 1. The molecule has 0 saturated carbocycles. The number of methoxy groups -OCH3 is 3. The Kier molecular flexibility index (Phi) is 7.30. The van der Waals surface area contributed by atoms with Crippen LogP contribution in [0.3, 0.4) is 0 Å². The zero-order chi connectivity index (χ0) is 26.0. The molecule has 0 N–H and O–H groups in total. The number of hydrogen-bond acceptors (Lipinski definition) is 8. The van der Waals surface area contributed by atoms with Crippen LogP contribution in [0.5, 0.6) is 17.2 Å². The van der Waals surface area contributed by atoms with Crippen molar-refractivity contribution in [2.45, 2.75) is 32.9 Å². The third-order valence-corrected chi connectivity index (χ3v) is 6.72. The third-order valence-electron chi connectivity index (χ3n) is 5.74.